The molecule has 0 amide bonds. The zero-order chi connectivity index (χ0) is 12.0. The van der Waals surface area contributed by atoms with E-state index in [1.54, 1.807) is 0 Å². The van der Waals surface area contributed by atoms with Gasteiger partial charge in [-0.1, -0.05) is 6.92 Å². The third kappa shape index (κ3) is 4.01. The molecule has 0 aromatic carbocycles. The van der Waals surface area contributed by atoms with Crippen LogP contribution in [0.1, 0.15) is 20.3 Å². The van der Waals surface area contributed by atoms with Crippen molar-refractivity contribution in [2.75, 3.05) is 40.0 Å². The van der Waals surface area contributed by atoms with E-state index < -0.39 is 0 Å². The zero-order valence-electron chi connectivity index (χ0n) is 10.8. The maximum atomic E-state index is 9.12. The van der Waals surface area contributed by atoms with Crippen molar-refractivity contribution in [3.8, 4) is 0 Å². The monoisotopic (exact) mass is 230 g/mol. The minimum Gasteiger partial charge on any atom is -0.395 e. The Kier molecular flexibility index (Phi) is 6.28. The predicted octanol–water partition coefficient (Wildman–Crippen LogP) is 0.314. The van der Waals surface area contributed by atoms with Gasteiger partial charge >= 0.3 is 0 Å². The van der Waals surface area contributed by atoms with Gasteiger partial charge in [-0.3, -0.25) is 0 Å². The van der Waals surface area contributed by atoms with Crippen molar-refractivity contribution in [3.05, 3.63) is 0 Å². The minimum atomic E-state index is 0.218. The van der Waals surface area contributed by atoms with E-state index >= 15 is 0 Å². The van der Waals surface area contributed by atoms with Gasteiger partial charge in [0.05, 0.1) is 13.2 Å². The number of rotatable bonds is 6. The molecule has 1 heterocycles. The van der Waals surface area contributed by atoms with E-state index in [2.05, 4.69) is 24.2 Å². The molecule has 96 valence electrons. The van der Waals surface area contributed by atoms with E-state index in [4.69, 9.17) is 9.84 Å². The fraction of sp³-hybridized carbons (Fsp3) is 1.00. The van der Waals surface area contributed by atoms with Gasteiger partial charge in [-0.05, 0) is 26.9 Å². The van der Waals surface area contributed by atoms with Crippen LogP contribution in [-0.4, -0.2) is 62.0 Å². The first-order valence-electron chi connectivity index (χ1n) is 6.31. The molecule has 1 saturated heterocycles. The van der Waals surface area contributed by atoms with Crippen LogP contribution in [0.5, 0.6) is 0 Å². The summed E-state index contributed by atoms with van der Waals surface area (Å²) in [5.41, 5.74) is 0. The summed E-state index contributed by atoms with van der Waals surface area (Å²) in [6.45, 7) is 8.11. The van der Waals surface area contributed by atoms with Gasteiger partial charge in [-0.25, -0.2) is 0 Å². The van der Waals surface area contributed by atoms with Gasteiger partial charge < -0.3 is 20.1 Å². The van der Waals surface area contributed by atoms with Crippen LogP contribution in [0.4, 0.5) is 0 Å². The highest BCUT2D eigenvalue weighted by molar-refractivity contribution is 4.82. The third-order valence-electron chi connectivity index (χ3n) is 3.48. The number of hydrogen-bond acceptors (Lipinski definition) is 4. The molecule has 1 aliphatic heterocycles. The highest BCUT2D eigenvalue weighted by Crippen LogP contribution is 2.16. The predicted molar refractivity (Wildman–Crippen MR) is 65.6 cm³/mol. The van der Waals surface area contributed by atoms with Crippen molar-refractivity contribution in [2.45, 2.75) is 32.4 Å². The fourth-order valence-electron chi connectivity index (χ4n) is 2.20. The highest BCUT2D eigenvalue weighted by Gasteiger charge is 2.26. The van der Waals surface area contributed by atoms with Crippen LogP contribution in [-0.2, 0) is 4.74 Å². The van der Waals surface area contributed by atoms with Gasteiger partial charge in [-0.2, -0.15) is 0 Å². The lowest BCUT2D eigenvalue weighted by Gasteiger charge is -2.36. The van der Waals surface area contributed by atoms with Crippen molar-refractivity contribution in [1.82, 2.24) is 10.2 Å². The second-order valence-corrected chi connectivity index (χ2v) is 4.76. The lowest BCUT2D eigenvalue weighted by atomic mass is 9.95. The highest BCUT2D eigenvalue weighted by atomic mass is 16.5. The molecule has 3 unspecified atom stereocenters. The van der Waals surface area contributed by atoms with E-state index in [0.29, 0.717) is 12.0 Å². The number of nitrogens with zero attached hydrogens (tertiary/aromatic N) is 1. The molecule has 2 N–H and O–H groups in total. The summed E-state index contributed by atoms with van der Waals surface area (Å²) in [6, 6.07) is 0.788. The standard InChI is InChI=1S/C12H26N2O2/c1-4-13-12-5-6-16-9-11(12)7-14(3)10(2)8-15/h10-13,15H,4-9H2,1-3H3. The van der Waals surface area contributed by atoms with Crippen LogP contribution in [0.3, 0.4) is 0 Å². The quantitative estimate of drug-likeness (QED) is 0.689. The van der Waals surface area contributed by atoms with Crippen LogP contribution in [0.25, 0.3) is 0 Å². The Balaban J connectivity index is 2.42. The average molecular weight is 230 g/mol. The minimum absolute atomic E-state index is 0.218. The number of likely N-dealkylation sites (N-methyl/N-ethyl adjacent to an activating group) is 1. The molecule has 3 atom stereocenters. The van der Waals surface area contributed by atoms with Crippen molar-refractivity contribution in [1.29, 1.82) is 0 Å². The molecule has 0 saturated carbocycles. The van der Waals surface area contributed by atoms with E-state index in [0.717, 1.165) is 32.7 Å². The van der Waals surface area contributed by atoms with Crippen molar-refractivity contribution in [3.63, 3.8) is 0 Å². The SMILES string of the molecule is CCNC1CCOCC1CN(C)C(C)CO. The Bertz CT molecular complexity index is 188. The summed E-state index contributed by atoms with van der Waals surface area (Å²) in [5, 5.41) is 12.6. The molecule has 0 aromatic rings. The Labute approximate surface area is 99.0 Å². The molecule has 1 rings (SSSR count). The number of nitrogens with one attached hydrogen (secondary N) is 1. The van der Waals surface area contributed by atoms with E-state index in [9.17, 15) is 0 Å². The van der Waals surface area contributed by atoms with E-state index in [1.807, 2.05) is 6.92 Å². The summed E-state index contributed by atoms with van der Waals surface area (Å²) in [6.07, 6.45) is 1.10. The molecule has 1 aliphatic rings. The number of hydrogen-bond donors (Lipinski definition) is 2. The van der Waals surface area contributed by atoms with Crippen LogP contribution < -0.4 is 5.32 Å². The topological polar surface area (TPSA) is 44.7 Å². The van der Waals surface area contributed by atoms with E-state index in [1.165, 1.54) is 0 Å². The Morgan fingerprint density at radius 3 is 2.94 bits per heavy atom. The second kappa shape index (κ2) is 7.22. The maximum Gasteiger partial charge on any atom is 0.0584 e. The number of aliphatic hydroxyl groups excluding tert-OH is 1. The largest absolute Gasteiger partial charge is 0.395 e. The molecule has 1 fully saturated rings. The summed E-state index contributed by atoms with van der Waals surface area (Å²) in [4.78, 5) is 2.21. The Hall–Kier alpha value is -0.160. The molecule has 0 aliphatic carbocycles. The van der Waals surface area contributed by atoms with Gasteiger partial charge in [0, 0.05) is 31.2 Å². The first-order valence-corrected chi connectivity index (χ1v) is 6.31. The molecule has 0 bridgehead atoms. The summed E-state index contributed by atoms with van der Waals surface area (Å²) < 4.78 is 5.54. The fourth-order valence-corrected chi connectivity index (χ4v) is 2.20. The average Bonchev–Trinajstić information content (AvgIpc) is 2.31. The first kappa shape index (κ1) is 13.9. The van der Waals surface area contributed by atoms with Gasteiger partial charge in [0.15, 0.2) is 0 Å². The molecule has 4 nitrogen and oxygen atoms in total. The smallest absolute Gasteiger partial charge is 0.0584 e. The Morgan fingerprint density at radius 2 is 2.31 bits per heavy atom. The third-order valence-corrected chi connectivity index (χ3v) is 3.48. The summed E-state index contributed by atoms with van der Waals surface area (Å²) in [5.74, 6) is 0.535. The summed E-state index contributed by atoms with van der Waals surface area (Å²) >= 11 is 0. The van der Waals surface area contributed by atoms with Crippen molar-refractivity contribution >= 4 is 0 Å². The molecule has 0 aromatic heterocycles. The van der Waals surface area contributed by atoms with Crippen molar-refractivity contribution in [2.24, 2.45) is 5.92 Å². The molecular weight excluding hydrogens is 204 g/mol. The number of ether oxygens (including phenoxy) is 1. The molecule has 4 heteroatoms. The first-order chi connectivity index (χ1) is 7.69. The van der Waals surface area contributed by atoms with Gasteiger partial charge in [0.2, 0.25) is 0 Å². The second-order valence-electron chi connectivity index (χ2n) is 4.76. The van der Waals surface area contributed by atoms with Gasteiger partial charge in [0.1, 0.15) is 0 Å². The van der Waals surface area contributed by atoms with Crippen LogP contribution >= 0.6 is 0 Å². The molecule has 0 spiro atoms. The van der Waals surface area contributed by atoms with Crippen LogP contribution in [0.2, 0.25) is 0 Å². The van der Waals surface area contributed by atoms with E-state index in [-0.39, 0.29) is 12.6 Å². The number of aliphatic hydroxyl groups is 1. The maximum absolute atomic E-state index is 9.12. The van der Waals surface area contributed by atoms with Gasteiger partial charge in [0.25, 0.3) is 0 Å². The summed E-state index contributed by atoms with van der Waals surface area (Å²) in [7, 11) is 2.07. The van der Waals surface area contributed by atoms with Crippen LogP contribution in [0, 0.1) is 5.92 Å². The molecular formula is C12H26N2O2. The van der Waals surface area contributed by atoms with Gasteiger partial charge in [-0.15, -0.1) is 0 Å². The van der Waals surface area contributed by atoms with Crippen LogP contribution in [0.15, 0.2) is 0 Å². The normalized spacial score (nSPS) is 28.3. The lowest BCUT2D eigenvalue weighted by molar-refractivity contribution is 0.0122. The molecule has 16 heavy (non-hydrogen) atoms. The lowest BCUT2D eigenvalue weighted by Crippen LogP contribution is -2.48. The zero-order valence-corrected chi connectivity index (χ0v) is 10.8. The Morgan fingerprint density at radius 1 is 1.56 bits per heavy atom. The van der Waals surface area contributed by atoms with Crippen molar-refractivity contribution < 1.29 is 9.84 Å². The molecule has 0 radical (unpaired) electrons.